The first-order chi connectivity index (χ1) is 9.58. The Hall–Kier alpha value is -1.85. The van der Waals surface area contributed by atoms with Gasteiger partial charge >= 0.3 is 0 Å². The number of hydrogen-bond donors (Lipinski definition) is 1. The van der Waals surface area contributed by atoms with E-state index < -0.39 is 5.82 Å². The summed E-state index contributed by atoms with van der Waals surface area (Å²) in [6, 6.07) is 6.12. The Morgan fingerprint density at radius 2 is 2.00 bits per heavy atom. The maximum Gasteiger partial charge on any atom is 0.179 e. The lowest BCUT2D eigenvalue weighted by molar-refractivity contribution is 0.411. The van der Waals surface area contributed by atoms with Crippen molar-refractivity contribution in [2.75, 3.05) is 7.11 Å². The predicted molar refractivity (Wildman–Crippen MR) is 75.9 cm³/mol. The first-order valence-corrected chi connectivity index (χ1v) is 6.40. The van der Waals surface area contributed by atoms with E-state index in [-0.39, 0.29) is 5.15 Å². The fourth-order valence-electron chi connectivity index (χ4n) is 1.84. The standard InChI is InChI=1S/C13H8Cl2FN3O/c1-20-6-2-3-7(9(16)4-6)12-17-10-5-8(14)11(15)18-13(10)19-12/h2-5H,1H3,(H,17,18,19). The molecule has 2 heterocycles. The van der Waals surface area contributed by atoms with Crippen LogP contribution in [0.4, 0.5) is 4.39 Å². The number of aromatic nitrogens is 3. The van der Waals surface area contributed by atoms with Crippen molar-refractivity contribution < 1.29 is 9.13 Å². The molecule has 7 heteroatoms. The Bertz CT molecular complexity index is 765. The maximum absolute atomic E-state index is 14.0. The number of fused-ring (bicyclic) bond motifs is 1. The molecule has 0 aliphatic rings. The van der Waals surface area contributed by atoms with Crippen LogP contribution in [0.15, 0.2) is 24.3 Å². The van der Waals surface area contributed by atoms with Crippen molar-refractivity contribution in [3.05, 3.63) is 40.3 Å². The molecule has 1 N–H and O–H groups in total. The zero-order valence-electron chi connectivity index (χ0n) is 10.2. The minimum absolute atomic E-state index is 0.160. The number of aromatic amines is 1. The van der Waals surface area contributed by atoms with Gasteiger partial charge < -0.3 is 9.72 Å². The Labute approximate surface area is 123 Å². The van der Waals surface area contributed by atoms with Crippen molar-refractivity contribution in [3.8, 4) is 17.1 Å². The van der Waals surface area contributed by atoms with Crippen LogP contribution in [-0.4, -0.2) is 22.1 Å². The van der Waals surface area contributed by atoms with Gasteiger partial charge in [0.15, 0.2) is 5.65 Å². The topological polar surface area (TPSA) is 50.8 Å². The van der Waals surface area contributed by atoms with Crippen LogP contribution >= 0.6 is 23.2 Å². The molecule has 20 heavy (non-hydrogen) atoms. The van der Waals surface area contributed by atoms with Crippen LogP contribution in [-0.2, 0) is 0 Å². The number of imidazole rings is 1. The first kappa shape index (κ1) is 13.1. The van der Waals surface area contributed by atoms with Crippen molar-refractivity contribution in [2.24, 2.45) is 0 Å². The highest BCUT2D eigenvalue weighted by Crippen LogP contribution is 2.28. The van der Waals surface area contributed by atoms with Crippen LogP contribution in [0.25, 0.3) is 22.6 Å². The largest absolute Gasteiger partial charge is 0.497 e. The molecule has 3 aromatic rings. The monoisotopic (exact) mass is 311 g/mol. The molecule has 3 rings (SSSR count). The van der Waals surface area contributed by atoms with E-state index in [1.165, 1.54) is 13.2 Å². The van der Waals surface area contributed by atoms with E-state index in [9.17, 15) is 4.39 Å². The van der Waals surface area contributed by atoms with Crippen molar-refractivity contribution in [3.63, 3.8) is 0 Å². The quantitative estimate of drug-likeness (QED) is 0.725. The molecule has 4 nitrogen and oxygen atoms in total. The number of pyridine rings is 1. The number of halogens is 3. The van der Waals surface area contributed by atoms with Gasteiger partial charge in [0.1, 0.15) is 22.5 Å². The van der Waals surface area contributed by atoms with E-state index in [0.717, 1.165) is 0 Å². The van der Waals surface area contributed by atoms with Gasteiger partial charge in [-0.1, -0.05) is 23.2 Å². The molecule has 0 saturated carbocycles. The van der Waals surface area contributed by atoms with E-state index in [2.05, 4.69) is 15.0 Å². The second-order valence-electron chi connectivity index (χ2n) is 4.06. The predicted octanol–water partition coefficient (Wildman–Crippen LogP) is 4.08. The Morgan fingerprint density at radius 1 is 1.20 bits per heavy atom. The molecule has 0 atom stereocenters. The summed E-state index contributed by atoms with van der Waals surface area (Å²) in [4.78, 5) is 11.2. The van der Waals surface area contributed by atoms with Crippen LogP contribution in [0.3, 0.4) is 0 Å². The number of hydrogen-bond acceptors (Lipinski definition) is 3. The van der Waals surface area contributed by atoms with Gasteiger partial charge in [-0.2, -0.15) is 0 Å². The normalized spacial score (nSPS) is 11.0. The van der Waals surface area contributed by atoms with Gasteiger partial charge in [-0.25, -0.2) is 14.4 Å². The molecule has 0 bridgehead atoms. The number of rotatable bonds is 2. The van der Waals surface area contributed by atoms with Gasteiger partial charge in [0.05, 0.1) is 23.2 Å². The third-order valence-electron chi connectivity index (χ3n) is 2.82. The molecule has 1 aromatic carbocycles. The molecule has 102 valence electrons. The summed E-state index contributed by atoms with van der Waals surface area (Å²) in [5, 5.41) is 0.469. The second-order valence-corrected chi connectivity index (χ2v) is 4.83. The van der Waals surface area contributed by atoms with Gasteiger partial charge in [0, 0.05) is 6.07 Å². The molecule has 0 unspecified atom stereocenters. The summed E-state index contributed by atoms with van der Waals surface area (Å²) in [6.07, 6.45) is 0. The molecular weight excluding hydrogens is 304 g/mol. The highest BCUT2D eigenvalue weighted by molar-refractivity contribution is 6.41. The minimum atomic E-state index is -0.444. The van der Waals surface area contributed by atoms with Crippen molar-refractivity contribution in [1.82, 2.24) is 15.0 Å². The lowest BCUT2D eigenvalue weighted by Crippen LogP contribution is -1.89. The molecule has 0 spiro atoms. The van der Waals surface area contributed by atoms with Crippen molar-refractivity contribution >= 4 is 34.4 Å². The highest BCUT2D eigenvalue weighted by atomic mass is 35.5. The van der Waals surface area contributed by atoms with Crippen LogP contribution in [0, 0.1) is 5.82 Å². The average molecular weight is 312 g/mol. The van der Waals surface area contributed by atoms with Crippen molar-refractivity contribution in [1.29, 1.82) is 0 Å². The van der Waals surface area contributed by atoms with Gasteiger partial charge in [-0.05, 0) is 18.2 Å². The molecule has 0 radical (unpaired) electrons. The molecule has 0 saturated heterocycles. The third kappa shape index (κ3) is 2.19. The number of methoxy groups -OCH3 is 1. The minimum Gasteiger partial charge on any atom is -0.497 e. The van der Waals surface area contributed by atoms with Gasteiger partial charge in [0.25, 0.3) is 0 Å². The van der Waals surface area contributed by atoms with Crippen LogP contribution < -0.4 is 4.74 Å². The molecular formula is C13H8Cl2FN3O. The van der Waals surface area contributed by atoms with E-state index in [4.69, 9.17) is 27.9 Å². The van der Waals surface area contributed by atoms with Crippen LogP contribution in [0.5, 0.6) is 5.75 Å². The first-order valence-electron chi connectivity index (χ1n) is 5.64. The van der Waals surface area contributed by atoms with E-state index in [1.807, 2.05) is 0 Å². The number of benzene rings is 1. The Balaban J connectivity index is 2.15. The van der Waals surface area contributed by atoms with Gasteiger partial charge in [-0.3, -0.25) is 0 Å². The SMILES string of the molecule is COc1ccc(-c2nc3nc(Cl)c(Cl)cc3[nH]2)c(F)c1. The summed E-state index contributed by atoms with van der Waals surface area (Å²) in [7, 11) is 1.48. The van der Waals surface area contributed by atoms with E-state index >= 15 is 0 Å². The molecule has 0 aliphatic carbocycles. The summed E-state index contributed by atoms with van der Waals surface area (Å²) >= 11 is 11.7. The van der Waals surface area contributed by atoms with Crippen LogP contribution in [0.2, 0.25) is 10.2 Å². The fraction of sp³-hybridized carbons (Fsp3) is 0.0769. The lowest BCUT2D eigenvalue weighted by atomic mass is 10.2. The molecule has 2 aromatic heterocycles. The molecule has 0 aliphatic heterocycles. The van der Waals surface area contributed by atoms with Crippen LogP contribution in [0.1, 0.15) is 0 Å². The van der Waals surface area contributed by atoms with E-state index in [1.54, 1.807) is 18.2 Å². The smallest absolute Gasteiger partial charge is 0.179 e. The maximum atomic E-state index is 14.0. The molecule has 0 amide bonds. The average Bonchev–Trinajstić information content (AvgIpc) is 2.81. The van der Waals surface area contributed by atoms with E-state index in [0.29, 0.717) is 33.3 Å². The van der Waals surface area contributed by atoms with Gasteiger partial charge in [-0.15, -0.1) is 0 Å². The second kappa shape index (κ2) is 4.92. The summed E-state index contributed by atoms with van der Waals surface area (Å²) < 4.78 is 19.0. The summed E-state index contributed by atoms with van der Waals surface area (Å²) in [6.45, 7) is 0. The Kier molecular flexibility index (Phi) is 3.23. The lowest BCUT2D eigenvalue weighted by Gasteiger charge is -2.02. The number of nitrogens with one attached hydrogen (secondary N) is 1. The fourth-order valence-corrected chi connectivity index (χ4v) is 2.12. The summed E-state index contributed by atoms with van der Waals surface area (Å²) in [5.41, 5.74) is 1.28. The van der Waals surface area contributed by atoms with Crippen molar-refractivity contribution in [2.45, 2.75) is 0 Å². The zero-order chi connectivity index (χ0) is 14.3. The van der Waals surface area contributed by atoms with Gasteiger partial charge in [0.2, 0.25) is 0 Å². The highest BCUT2D eigenvalue weighted by Gasteiger charge is 2.13. The third-order valence-corrected chi connectivity index (χ3v) is 3.49. The number of H-pyrrole nitrogens is 1. The number of ether oxygens (including phenoxy) is 1. The summed E-state index contributed by atoms with van der Waals surface area (Å²) in [5.74, 6) is 0.346. The Morgan fingerprint density at radius 3 is 2.70 bits per heavy atom. The molecule has 0 fully saturated rings. The zero-order valence-corrected chi connectivity index (χ0v) is 11.8. The number of nitrogens with zero attached hydrogens (tertiary/aromatic N) is 2.